The van der Waals surface area contributed by atoms with Crippen LogP contribution in [0.5, 0.6) is 0 Å². The second kappa shape index (κ2) is 4.99. The van der Waals surface area contributed by atoms with Crippen molar-refractivity contribution >= 4 is 5.69 Å². The summed E-state index contributed by atoms with van der Waals surface area (Å²) < 4.78 is 1.98. The van der Waals surface area contributed by atoms with Gasteiger partial charge in [0.05, 0.1) is 6.04 Å². The van der Waals surface area contributed by atoms with E-state index in [1.54, 1.807) is 0 Å². The molecular formula is C14H19N5. The van der Waals surface area contributed by atoms with Crippen LogP contribution in [0.3, 0.4) is 0 Å². The van der Waals surface area contributed by atoms with E-state index in [-0.39, 0.29) is 0 Å². The molecule has 100 valence electrons. The van der Waals surface area contributed by atoms with Crippen LogP contribution < -0.4 is 5.73 Å². The van der Waals surface area contributed by atoms with Gasteiger partial charge in [-0.3, -0.25) is 0 Å². The van der Waals surface area contributed by atoms with Crippen molar-refractivity contribution in [2.24, 2.45) is 5.92 Å². The maximum absolute atomic E-state index is 5.84. The fourth-order valence-corrected chi connectivity index (χ4v) is 2.93. The van der Waals surface area contributed by atoms with Gasteiger partial charge in [-0.25, -0.2) is 4.68 Å². The number of tetrazole rings is 1. The Hall–Kier alpha value is -1.91. The lowest BCUT2D eigenvalue weighted by atomic mass is 9.87. The molecule has 1 aliphatic carbocycles. The Morgan fingerprint density at radius 2 is 2.21 bits per heavy atom. The lowest BCUT2D eigenvalue weighted by molar-refractivity contribution is 0.265. The minimum atomic E-state index is 0.412. The van der Waals surface area contributed by atoms with E-state index in [1.807, 2.05) is 28.9 Å². The molecular weight excluding hydrogens is 238 g/mol. The largest absolute Gasteiger partial charge is 0.399 e. The molecule has 3 rings (SSSR count). The third kappa shape index (κ3) is 2.45. The highest BCUT2D eigenvalue weighted by Gasteiger charge is 2.24. The first-order valence-corrected chi connectivity index (χ1v) is 6.88. The summed E-state index contributed by atoms with van der Waals surface area (Å²) in [6.07, 6.45) is 4.87. The van der Waals surface area contributed by atoms with Crippen LogP contribution in [-0.2, 0) is 0 Å². The summed E-state index contributed by atoms with van der Waals surface area (Å²) in [5.74, 6) is 1.57. The van der Waals surface area contributed by atoms with Crippen molar-refractivity contribution in [3.8, 4) is 11.4 Å². The van der Waals surface area contributed by atoms with Gasteiger partial charge in [-0.05, 0) is 41.3 Å². The molecule has 1 aromatic heterocycles. The third-order valence-corrected chi connectivity index (χ3v) is 3.89. The number of rotatable bonds is 2. The molecule has 0 radical (unpaired) electrons. The van der Waals surface area contributed by atoms with Crippen LogP contribution in [0.2, 0.25) is 0 Å². The molecule has 1 heterocycles. The van der Waals surface area contributed by atoms with Gasteiger partial charge in [0, 0.05) is 11.3 Å². The molecule has 1 fully saturated rings. The molecule has 1 aromatic carbocycles. The first-order valence-electron chi connectivity index (χ1n) is 6.88. The van der Waals surface area contributed by atoms with Gasteiger partial charge < -0.3 is 5.73 Å². The molecule has 0 aliphatic heterocycles. The van der Waals surface area contributed by atoms with Crippen LogP contribution >= 0.6 is 0 Å². The van der Waals surface area contributed by atoms with Gasteiger partial charge in [0.25, 0.3) is 0 Å². The number of anilines is 1. The van der Waals surface area contributed by atoms with Gasteiger partial charge in [-0.15, -0.1) is 5.10 Å². The molecule has 1 saturated carbocycles. The average molecular weight is 257 g/mol. The second-order valence-corrected chi connectivity index (χ2v) is 5.50. The Bertz CT molecular complexity index is 562. The zero-order chi connectivity index (χ0) is 13.2. The predicted octanol–water partition coefficient (Wildman–Crippen LogP) is 2.67. The van der Waals surface area contributed by atoms with Crippen LogP contribution in [0.25, 0.3) is 11.4 Å². The van der Waals surface area contributed by atoms with E-state index in [4.69, 9.17) is 5.73 Å². The van der Waals surface area contributed by atoms with Crippen LogP contribution in [0, 0.1) is 5.92 Å². The Morgan fingerprint density at radius 3 is 3.00 bits per heavy atom. The summed E-state index contributed by atoms with van der Waals surface area (Å²) in [4.78, 5) is 0. The highest BCUT2D eigenvalue weighted by molar-refractivity contribution is 5.60. The van der Waals surface area contributed by atoms with E-state index >= 15 is 0 Å². The van der Waals surface area contributed by atoms with E-state index < -0.39 is 0 Å². The van der Waals surface area contributed by atoms with Gasteiger partial charge >= 0.3 is 0 Å². The Labute approximate surface area is 112 Å². The number of benzene rings is 1. The molecule has 0 spiro atoms. The molecule has 1 aliphatic rings. The van der Waals surface area contributed by atoms with E-state index in [1.165, 1.54) is 12.8 Å². The Balaban J connectivity index is 1.94. The summed E-state index contributed by atoms with van der Waals surface area (Å²) in [5, 5.41) is 12.2. The van der Waals surface area contributed by atoms with Crippen LogP contribution in [0.4, 0.5) is 5.69 Å². The monoisotopic (exact) mass is 257 g/mol. The SMILES string of the molecule is CC1CCCC(n2nnnc2-c2cccc(N)c2)C1. The van der Waals surface area contributed by atoms with Gasteiger partial charge in [0.1, 0.15) is 0 Å². The highest BCUT2D eigenvalue weighted by atomic mass is 15.5. The second-order valence-electron chi connectivity index (χ2n) is 5.50. The standard InChI is InChI=1S/C14H19N5/c1-10-4-2-7-13(8-10)19-14(16-17-18-19)11-5-3-6-12(15)9-11/h3,5-6,9-10,13H,2,4,7-8,15H2,1H3. The molecule has 0 bridgehead atoms. The van der Waals surface area contributed by atoms with Gasteiger partial charge in [0.2, 0.25) is 0 Å². The van der Waals surface area contributed by atoms with Crippen LogP contribution in [-0.4, -0.2) is 20.2 Å². The van der Waals surface area contributed by atoms with Crippen LogP contribution in [0.1, 0.15) is 38.6 Å². The number of hydrogen-bond acceptors (Lipinski definition) is 4. The van der Waals surface area contributed by atoms with Crippen molar-refractivity contribution in [2.75, 3.05) is 5.73 Å². The Morgan fingerprint density at radius 1 is 1.32 bits per heavy atom. The first-order chi connectivity index (χ1) is 9.24. The number of nitrogen functional groups attached to an aromatic ring is 1. The summed E-state index contributed by atoms with van der Waals surface area (Å²) in [6, 6.07) is 8.16. The average Bonchev–Trinajstić information content (AvgIpc) is 2.88. The van der Waals surface area contributed by atoms with Crippen molar-refractivity contribution in [3.05, 3.63) is 24.3 Å². The van der Waals surface area contributed by atoms with Crippen LogP contribution in [0.15, 0.2) is 24.3 Å². The number of hydrogen-bond donors (Lipinski definition) is 1. The van der Waals surface area contributed by atoms with Crippen molar-refractivity contribution in [3.63, 3.8) is 0 Å². The summed E-state index contributed by atoms with van der Waals surface area (Å²) in [6.45, 7) is 2.30. The fourth-order valence-electron chi connectivity index (χ4n) is 2.93. The molecule has 19 heavy (non-hydrogen) atoms. The molecule has 0 amide bonds. The minimum absolute atomic E-state index is 0.412. The van der Waals surface area contributed by atoms with Gasteiger partial charge in [-0.1, -0.05) is 31.9 Å². The molecule has 2 unspecified atom stereocenters. The van der Waals surface area contributed by atoms with Gasteiger partial charge in [0.15, 0.2) is 5.82 Å². The summed E-state index contributed by atoms with van der Waals surface area (Å²) in [7, 11) is 0. The smallest absolute Gasteiger partial charge is 0.182 e. The first kappa shape index (κ1) is 12.1. The predicted molar refractivity (Wildman–Crippen MR) is 74.3 cm³/mol. The van der Waals surface area contributed by atoms with Crippen molar-refractivity contribution in [2.45, 2.75) is 38.6 Å². The van der Waals surface area contributed by atoms with Crippen molar-refractivity contribution < 1.29 is 0 Å². The fraction of sp³-hybridized carbons (Fsp3) is 0.500. The lowest BCUT2D eigenvalue weighted by Gasteiger charge is -2.27. The zero-order valence-corrected chi connectivity index (χ0v) is 11.2. The highest BCUT2D eigenvalue weighted by Crippen LogP contribution is 2.33. The molecule has 5 nitrogen and oxygen atoms in total. The lowest BCUT2D eigenvalue weighted by Crippen LogP contribution is -2.19. The topological polar surface area (TPSA) is 69.6 Å². The molecule has 2 N–H and O–H groups in total. The molecule has 2 atom stereocenters. The molecule has 2 aromatic rings. The minimum Gasteiger partial charge on any atom is -0.399 e. The third-order valence-electron chi connectivity index (χ3n) is 3.89. The summed E-state index contributed by atoms with van der Waals surface area (Å²) >= 11 is 0. The van der Waals surface area contributed by atoms with E-state index in [9.17, 15) is 0 Å². The van der Waals surface area contributed by atoms with E-state index in [0.717, 1.165) is 35.8 Å². The van der Waals surface area contributed by atoms with Gasteiger partial charge in [-0.2, -0.15) is 0 Å². The van der Waals surface area contributed by atoms with Crippen molar-refractivity contribution in [1.82, 2.24) is 20.2 Å². The maximum atomic E-state index is 5.84. The zero-order valence-electron chi connectivity index (χ0n) is 11.2. The number of nitrogens with two attached hydrogens (primary N) is 1. The van der Waals surface area contributed by atoms with E-state index in [0.29, 0.717) is 6.04 Å². The normalized spacial score (nSPS) is 23.4. The number of nitrogens with zero attached hydrogens (tertiary/aromatic N) is 4. The van der Waals surface area contributed by atoms with E-state index in [2.05, 4.69) is 22.4 Å². The number of aromatic nitrogens is 4. The van der Waals surface area contributed by atoms with Crippen molar-refractivity contribution in [1.29, 1.82) is 0 Å². The molecule has 0 saturated heterocycles. The maximum Gasteiger partial charge on any atom is 0.182 e. The molecule has 5 heteroatoms. The summed E-state index contributed by atoms with van der Waals surface area (Å²) in [5.41, 5.74) is 7.57. The quantitative estimate of drug-likeness (QED) is 0.840. The Kier molecular flexibility index (Phi) is 3.19.